The van der Waals surface area contributed by atoms with Crippen LogP contribution in [0, 0.1) is 0 Å². The van der Waals surface area contributed by atoms with E-state index in [1.165, 1.54) is 0 Å². The number of amides is 2. The van der Waals surface area contributed by atoms with Crippen molar-refractivity contribution in [1.82, 2.24) is 10.6 Å². The Balaban J connectivity index is 1.81. The number of hydrogen-bond donors (Lipinski definition) is 2. The highest BCUT2D eigenvalue weighted by Gasteiger charge is 2.15. The Kier molecular flexibility index (Phi) is 7.06. The van der Waals surface area contributed by atoms with E-state index in [1.807, 2.05) is 24.3 Å². The minimum Gasteiger partial charge on any atom is -0.347 e. The van der Waals surface area contributed by atoms with Gasteiger partial charge in [0, 0.05) is 22.2 Å². The molecule has 29 heavy (non-hydrogen) atoms. The monoisotopic (exact) mass is 424 g/mol. The van der Waals surface area contributed by atoms with Crippen LogP contribution < -0.4 is 10.6 Å². The number of carbonyl (C=O) groups is 2. The summed E-state index contributed by atoms with van der Waals surface area (Å²) >= 11 is 12.1. The molecule has 2 amide bonds. The lowest BCUT2D eigenvalue weighted by molar-refractivity contribution is -0.117. The van der Waals surface area contributed by atoms with Crippen LogP contribution in [0.25, 0.3) is 6.08 Å². The first kappa shape index (κ1) is 20.6. The first-order valence-electron chi connectivity index (χ1n) is 8.88. The van der Waals surface area contributed by atoms with Crippen molar-refractivity contribution in [3.05, 3.63) is 111 Å². The molecule has 3 rings (SSSR count). The standard InChI is InChI=1S/C23H18Cl2N2O2/c24-19-12-10-16(11-13-19)14-21(27-22(28)17-6-2-1-3-7-17)23(29)26-15-18-8-4-5-9-20(18)25/h1-14H,15H2,(H,26,29)(H,27,28)/b21-14-. The molecule has 6 heteroatoms. The summed E-state index contributed by atoms with van der Waals surface area (Å²) in [5.74, 6) is -0.803. The van der Waals surface area contributed by atoms with Crippen molar-refractivity contribution in [3.8, 4) is 0 Å². The third kappa shape index (κ3) is 5.95. The number of nitrogens with one attached hydrogen (secondary N) is 2. The molecule has 0 saturated heterocycles. The van der Waals surface area contributed by atoms with Gasteiger partial charge in [0.2, 0.25) is 0 Å². The Bertz CT molecular complexity index is 1030. The normalized spacial score (nSPS) is 11.0. The average molecular weight is 425 g/mol. The van der Waals surface area contributed by atoms with Crippen molar-refractivity contribution in [1.29, 1.82) is 0 Å². The summed E-state index contributed by atoms with van der Waals surface area (Å²) in [5, 5.41) is 6.63. The van der Waals surface area contributed by atoms with E-state index >= 15 is 0 Å². The van der Waals surface area contributed by atoms with E-state index in [4.69, 9.17) is 23.2 Å². The number of hydrogen-bond acceptors (Lipinski definition) is 2. The van der Waals surface area contributed by atoms with Crippen molar-refractivity contribution < 1.29 is 9.59 Å². The molecule has 0 aliphatic rings. The predicted octanol–water partition coefficient (Wildman–Crippen LogP) is 5.08. The fourth-order valence-corrected chi connectivity index (χ4v) is 2.91. The van der Waals surface area contributed by atoms with E-state index in [2.05, 4.69) is 10.6 Å². The van der Waals surface area contributed by atoms with Gasteiger partial charge in [-0.05, 0) is 47.5 Å². The van der Waals surface area contributed by atoms with Gasteiger partial charge in [0.05, 0.1) is 0 Å². The molecule has 2 N–H and O–H groups in total. The second-order valence-electron chi connectivity index (χ2n) is 6.20. The number of benzene rings is 3. The van der Waals surface area contributed by atoms with Gasteiger partial charge in [0.15, 0.2) is 0 Å². The van der Waals surface area contributed by atoms with Crippen molar-refractivity contribution in [3.63, 3.8) is 0 Å². The molecule has 0 radical (unpaired) electrons. The van der Waals surface area contributed by atoms with E-state index < -0.39 is 5.91 Å². The van der Waals surface area contributed by atoms with Crippen molar-refractivity contribution >= 4 is 41.1 Å². The van der Waals surface area contributed by atoms with Crippen LogP contribution in [-0.4, -0.2) is 11.8 Å². The molecule has 0 heterocycles. The SMILES string of the molecule is O=C(NCc1ccccc1Cl)/C(=C/c1ccc(Cl)cc1)NC(=O)c1ccccc1. The lowest BCUT2D eigenvalue weighted by Crippen LogP contribution is -2.34. The van der Waals surface area contributed by atoms with Gasteiger partial charge < -0.3 is 10.6 Å². The van der Waals surface area contributed by atoms with Gasteiger partial charge in [-0.2, -0.15) is 0 Å². The molecule has 0 unspecified atom stereocenters. The van der Waals surface area contributed by atoms with Crippen LogP contribution in [0.3, 0.4) is 0 Å². The van der Waals surface area contributed by atoms with E-state index in [-0.39, 0.29) is 18.1 Å². The fourth-order valence-electron chi connectivity index (χ4n) is 2.58. The predicted molar refractivity (Wildman–Crippen MR) is 117 cm³/mol. The second kappa shape index (κ2) is 9.92. The van der Waals surface area contributed by atoms with E-state index in [1.54, 1.807) is 60.7 Å². The molecule has 0 aliphatic carbocycles. The molecule has 4 nitrogen and oxygen atoms in total. The molecule has 0 bridgehead atoms. The van der Waals surface area contributed by atoms with E-state index in [9.17, 15) is 9.59 Å². The van der Waals surface area contributed by atoms with Gasteiger partial charge in [-0.3, -0.25) is 9.59 Å². The summed E-state index contributed by atoms with van der Waals surface area (Å²) in [6.07, 6.45) is 1.60. The summed E-state index contributed by atoms with van der Waals surface area (Å²) in [6, 6.07) is 22.9. The van der Waals surface area contributed by atoms with Crippen molar-refractivity contribution in [2.75, 3.05) is 0 Å². The van der Waals surface area contributed by atoms with Crippen LogP contribution in [0.4, 0.5) is 0 Å². The Labute approximate surface area is 179 Å². The van der Waals surface area contributed by atoms with Gasteiger partial charge in [-0.1, -0.05) is 71.7 Å². The third-order valence-corrected chi connectivity index (χ3v) is 4.73. The van der Waals surface area contributed by atoms with Crippen LogP contribution in [0.15, 0.2) is 84.6 Å². The molecule has 0 aromatic heterocycles. The lowest BCUT2D eigenvalue weighted by atomic mass is 10.1. The molecule has 0 atom stereocenters. The van der Waals surface area contributed by atoms with E-state index in [0.717, 1.165) is 11.1 Å². The smallest absolute Gasteiger partial charge is 0.268 e. The number of carbonyl (C=O) groups excluding carboxylic acids is 2. The lowest BCUT2D eigenvalue weighted by Gasteiger charge is -2.12. The Morgan fingerprint density at radius 1 is 0.828 bits per heavy atom. The molecule has 3 aromatic rings. The quantitative estimate of drug-likeness (QED) is 0.541. The highest BCUT2D eigenvalue weighted by molar-refractivity contribution is 6.31. The van der Waals surface area contributed by atoms with Gasteiger partial charge in [-0.25, -0.2) is 0 Å². The maximum atomic E-state index is 12.8. The zero-order valence-electron chi connectivity index (χ0n) is 15.4. The zero-order valence-corrected chi connectivity index (χ0v) is 16.9. The van der Waals surface area contributed by atoms with Crippen LogP contribution in [0.5, 0.6) is 0 Å². The molecule has 0 aliphatic heterocycles. The Morgan fingerprint density at radius 3 is 2.17 bits per heavy atom. The largest absolute Gasteiger partial charge is 0.347 e. The van der Waals surface area contributed by atoms with Gasteiger partial charge in [0.25, 0.3) is 11.8 Å². The highest BCUT2D eigenvalue weighted by Crippen LogP contribution is 2.15. The van der Waals surface area contributed by atoms with Gasteiger partial charge in [-0.15, -0.1) is 0 Å². The summed E-state index contributed by atoms with van der Waals surface area (Å²) in [6.45, 7) is 0.234. The molecule has 0 saturated carbocycles. The summed E-state index contributed by atoms with van der Waals surface area (Å²) in [5.41, 5.74) is 2.08. The summed E-state index contributed by atoms with van der Waals surface area (Å²) in [4.78, 5) is 25.4. The van der Waals surface area contributed by atoms with E-state index in [0.29, 0.717) is 15.6 Å². The Morgan fingerprint density at radius 2 is 1.48 bits per heavy atom. The minimum absolute atomic E-state index is 0.119. The minimum atomic E-state index is -0.427. The van der Waals surface area contributed by atoms with Gasteiger partial charge >= 0.3 is 0 Å². The van der Waals surface area contributed by atoms with Crippen molar-refractivity contribution in [2.24, 2.45) is 0 Å². The molecule has 0 spiro atoms. The highest BCUT2D eigenvalue weighted by atomic mass is 35.5. The number of halogens is 2. The topological polar surface area (TPSA) is 58.2 Å². The molecule has 0 fully saturated rings. The van der Waals surface area contributed by atoms with Crippen LogP contribution in [0.1, 0.15) is 21.5 Å². The average Bonchev–Trinajstić information content (AvgIpc) is 2.74. The number of rotatable bonds is 6. The first-order chi connectivity index (χ1) is 14.0. The molecular weight excluding hydrogens is 407 g/mol. The fraction of sp³-hybridized carbons (Fsp3) is 0.0435. The third-order valence-electron chi connectivity index (χ3n) is 4.11. The molecule has 146 valence electrons. The van der Waals surface area contributed by atoms with Crippen LogP contribution >= 0.6 is 23.2 Å². The van der Waals surface area contributed by atoms with Gasteiger partial charge in [0.1, 0.15) is 5.70 Å². The summed E-state index contributed by atoms with van der Waals surface area (Å²) < 4.78 is 0. The zero-order chi connectivity index (χ0) is 20.6. The summed E-state index contributed by atoms with van der Waals surface area (Å²) in [7, 11) is 0. The van der Waals surface area contributed by atoms with Crippen molar-refractivity contribution in [2.45, 2.75) is 6.54 Å². The second-order valence-corrected chi connectivity index (χ2v) is 7.05. The first-order valence-corrected chi connectivity index (χ1v) is 9.64. The van der Waals surface area contributed by atoms with Crippen LogP contribution in [0.2, 0.25) is 10.0 Å². The Hall–Kier alpha value is -3.08. The molecule has 3 aromatic carbocycles. The van der Waals surface area contributed by atoms with Crippen LogP contribution in [-0.2, 0) is 11.3 Å². The maximum Gasteiger partial charge on any atom is 0.268 e. The maximum absolute atomic E-state index is 12.8. The molecular formula is C23H18Cl2N2O2.